The SMILES string of the molecule is Cc1nccc(CNc2ncnc(NN)c2Br)n1. The number of rotatable bonds is 4. The van der Waals surface area contributed by atoms with E-state index in [9.17, 15) is 0 Å². The summed E-state index contributed by atoms with van der Waals surface area (Å²) in [5, 5.41) is 3.15. The molecule has 2 heterocycles. The largest absolute Gasteiger partial charge is 0.363 e. The summed E-state index contributed by atoms with van der Waals surface area (Å²) in [5.41, 5.74) is 3.36. The monoisotopic (exact) mass is 309 g/mol. The van der Waals surface area contributed by atoms with Crippen molar-refractivity contribution in [2.45, 2.75) is 13.5 Å². The Morgan fingerprint density at radius 2 is 2.06 bits per heavy atom. The maximum atomic E-state index is 5.33. The van der Waals surface area contributed by atoms with E-state index >= 15 is 0 Å². The van der Waals surface area contributed by atoms with Gasteiger partial charge in [0.05, 0.1) is 12.2 Å². The van der Waals surface area contributed by atoms with Crippen molar-refractivity contribution in [3.05, 3.63) is 34.6 Å². The van der Waals surface area contributed by atoms with Crippen molar-refractivity contribution in [1.82, 2.24) is 19.9 Å². The van der Waals surface area contributed by atoms with Crippen LogP contribution in [-0.4, -0.2) is 19.9 Å². The summed E-state index contributed by atoms with van der Waals surface area (Å²) in [7, 11) is 0. The molecule has 2 aromatic heterocycles. The first-order valence-electron chi connectivity index (χ1n) is 5.20. The number of nitrogens with two attached hydrogens (primary N) is 1. The third-order valence-electron chi connectivity index (χ3n) is 2.20. The zero-order valence-electron chi connectivity index (χ0n) is 9.68. The predicted molar refractivity (Wildman–Crippen MR) is 71.6 cm³/mol. The van der Waals surface area contributed by atoms with Crippen molar-refractivity contribution in [2.24, 2.45) is 5.84 Å². The van der Waals surface area contributed by atoms with E-state index in [0.717, 1.165) is 11.5 Å². The molecule has 0 aliphatic heterocycles. The number of aryl methyl sites for hydroxylation is 1. The van der Waals surface area contributed by atoms with Crippen LogP contribution in [0.2, 0.25) is 0 Å². The van der Waals surface area contributed by atoms with Gasteiger partial charge in [0, 0.05) is 6.20 Å². The Bertz CT molecular complexity index is 545. The third-order valence-corrected chi connectivity index (χ3v) is 2.95. The molecule has 4 N–H and O–H groups in total. The van der Waals surface area contributed by atoms with Crippen LogP contribution in [0.15, 0.2) is 23.1 Å². The van der Waals surface area contributed by atoms with Gasteiger partial charge in [0.2, 0.25) is 0 Å². The second kappa shape index (κ2) is 5.69. The van der Waals surface area contributed by atoms with Crippen molar-refractivity contribution in [1.29, 1.82) is 0 Å². The van der Waals surface area contributed by atoms with Crippen LogP contribution in [0.25, 0.3) is 0 Å². The Balaban J connectivity index is 2.11. The van der Waals surface area contributed by atoms with Gasteiger partial charge in [-0.1, -0.05) is 0 Å². The van der Waals surface area contributed by atoms with Crippen molar-refractivity contribution in [2.75, 3.05) is 10.7 Å². The number of anilines is 2. The molecule has 0 radical (unpaired) electrons. The van der Waals surface area contributed by atoms with Crippen molar-refractivity contribution < 1.29 is 0 Å². The summed E-state index contributed by atoms with van der Waals surface area (Å²) < 4.78 is 0.679. The van der Waals surface area contributed by atoms with Gasteiger partial charge in [-0.25, -0.2) is 25.8 Å². The van der Waals surface area contributed by atoms with Crippen LogP contribution in [0.1, 0.15) is 11.5 Å². The zero-order valence-corrected chi connectivity index (χ0v) is 11.3. The molecule has 0 unspecified atom stereocenters. The number of nitrogen functional groups attached to an aromatic ring is 1. The van der Waals surface area contributed by atoms with E-state index < -0.39 is 0 Å². The summed E-state index contributed by atoms with van der Waals surface area (Å²) in [6.45, 7) is 2.39. The van der Waals surface area contributed by atoms with E-state index in [1.807, 2.05) is 13.0 Å². The van der Waals surface area contributed by atoms with Gasteiger partial charge in [0.1, 0.15) is 22.4 Å². The lowest BCUT2D eigenvalue weighted by Crippen LogP contribution is -2.11. The first-order valence-corrected chi connectivity index (χ1v) is 5.99. The van der Waals surface area contributed by atoms with Crippen LogP contribution >= 0.6 is 15.9 Å². The quantitative estimate of drug-likeness (QED) is 0.577. The fourth-order valence-corrected chi connectivity index (χ4v) is 1.83. The maximum absolute atomic E-state index is 5.33. The molecule has 0 amide bonds. The summed E-state index contributed by atoms with van der Waals surface area (Å²) in [6, 6.07) is 1.84. The van der Waals surface area contributed by atoms with Gasteiger partial charge in [0.25, 0.3) is 0 Å². The van der Waals surface area contributed by atoms with E-state index in [1.165, 1.54) is 6.33 Å². The molecule has 2 rings (SSSR count). The lowest BCUT2D eigenvalue weighted by Gasteiger charge is -2.09. The van der Waals surface area contributed by atoms with Gasteiger partial charge in [-0.2, -0.15) is 0 Å². The van der Waals surface area contributed by atoms with Crippen LogP contribution in [0.3, 0.4) is 0 Å². The fraction of sp³-hybridized carbons (Fsp3) is 0.200. The Morgan fingerprint density at radius 1 is 1.28 bits per heavy atom. The third kappa shape index (κ3) is 2.90. The van der Waals surface area contributed by atoms with Crippen molar-refractivity contribution >= 4 is 27.6 Å². The lowest BCUT2D eigenvalue weighted by atomic mass is 10.4. The normalized spacial score (nSPS) is 10.2. The van der Waals surface area contributed by atoms with E-state index in [4.69, 9.17) is 5.84 Å². The van der Waals surface area contributed by atoms with Crippen LogP contribution < -0.4 is 16.6 Å². The summed E-state index contributed by atoms with van der Waals surface area (Å²) in [4.78, 5) is 16.4. The molecule has 0 fully saturated rings. The maximum Gasteiger partial charge on any atom is 0.159 e. The predicted octanol–water partition coefficient (Wildman–Crippen LogP) is 1.24. The van der Waals surface area contributed by atoms with Crippen LogP contribution in [-0.2, 0) is 6.54 Å². The standard InChI is InChI=1S/C10H12BrN7/c1-6-13-3-2-7(17-6)4-14-9-8(11)10(18-12)16-5-15-9/h2-3,5H,4,12H2,1H3,(H2,14,15,16,18). The van der Waals surface area contributed by atoms with Crippen molar-refractivity contribution in [3.8, 4) is 0 Å². The molecule has 0 aromatic carbocycles. The molecule has 94 valence electrons. The second-order valence-electron chi connectivity index (χ2n) is 3.48. The Labute approximate surface area is 112 Å². The number of nitrogens with zero attached hydrogens (tertiary/aromatic N) is 4. The molecule has 18 heavy (non-hydrogen) atoms. The smallest absolute Gasteiger partial charge is 0.159 e. The minimum atomic E-state index is 0.520. The molecule has 0 bridgehead atoms. The van der Waals surface area contributed by atoms with Gasteiger partial charge in [-0.15, -0.1) is 0 Å². The number of halogens is 1. The Hall–Kier alpha value is -1.80. The van der Waals surface area contributed by atoms with Crippen LogP contribution in [0.5, 0.6) is 0 Å². The molecule has 7 nitrogen and oxygen atoms in total. The van der Waals surface area contributed by atoms with E-state index in [-0.39, 0.29) is 0 Å². The van der Waals surface area contributed by atoms with E-state index in [2.05, 4.69) is 46.6 Å². The lowest BCUT2D eigenvalue weighted by molar-refractivity contribution is 0.946. The number of hydrogen-bond donors (Lipinski definition) is 3. The number of hydrogen-bond acceptors (Lipinski definition) is 7. The average Bonchev–Trinajstić information content (AvgIpc) is 2.38. The van der Waals surface area contributed by atoms with Gasteiger partial charge in [-0.05, 0) is 28.9 Å². The van der Waals surface area contributed by atoms with Crippen LogP contribution in [0.4, 0.5) is 11.6 Å². The summed E-state index contributed by atoms with van der Waals surface area (Å²) in [6.07, 6.45) is 3.15. The molecule has 8 heteroatoms. The van der Waals surface area contributed by atoms with Crippen molar-refractivity contribution in [3.63, 3.8) is 0 Å². The second-order valence-corrected chi connectivity index (χ2v) is 4.27. The molecule has 0 saturated heterocycles. The number of nitrogens with one attached hydrogen (secondary N) is 2. The zero-order chi connectivity index (χ0) is 13.0. The minimum Gasteiger partial charge on any atom is -0.363 e. The molecule has 0 spiro atoms. The number of aromatic nitrogens is 4. The number of hydrazine groups is 1. The molecule has 2 aromatic rings. The van der Waals surface area contributed by atoms with Gasteiger partial charge in [-0.3, -0.25) is 0 Å². The van der Waals surface area contributed by atoms with E-state index in [1.54, 1.807) is 6.20 Å². The molecular formula is C10H12BrN7. The van der Waals surface area contributed by atoms with Gasteiger partial charge < -0.3 is 10.7 Å². The summed E-state index contributed by atoms with van der Waals surface area (Å²) >= 11 is 3.37. The Morgan fingerprint density at radius 3 is 2.78 bits per heavy atom. The van der Waals surface area contributed by atoms with Crippen LogP contribution in [0, 0.1) is 6.92 Å². The first kappa shape index (κ1) is 12.7. The molecule has 0 atom stereocenters. The van der Waals surface area contributed by atoms with Gasteiger partial charge >= 0.3 is 0 Å². The first-order chi connectivity index (χ1) is 8.70. The topological polar surface area (TPSA) is 102 Å². The summed E-state index contributed by atoms with van der Waals surface area (Å²) in [5.74, 6) is 7.23. The van der Waals surface area contributed by atoms with Gasteiger partial charge in [0.15, 0.2) is 5.82 Å². The average molecular weight is 310 g/mol. The molecular weight excluding hydrogens is 298 g/mol. The Kier molecular flexibility index (Phi) is 4.00. The highest BCUT2D eigenvalue weighted by atomic mass is 79.9. The highest BCUT2D eigenvalue weighted by Crippen LogP contribution is 2.25. The molecule has 0 aliphatic carbocycles. The molecule has 0 aliphatic rings. The van der Waals surface area contributed by atoms with E-state index in [0.29, 0.717) is 22.7 Å². The fourth-order valence-electron chi connectivity index (χ4n) is 1.37. The highest BCUT2D eigenvalue weighted by Gasteiger charge is 2.07. The minimum absolute atomic E-state index is 0.520. The highest BCUT2D eigenvalue weighted by molar-refractivity contribution is 9.10. The molecule has 0 saturated carbocycles.